The summed E-state index contributed by atoms with van der Waals surface area (Å²) in [6, 6.07) is 3.62. The van der Waals surface area contributed by atoms with Gasteiger partial charge in [0.2, 0.25) is 10.0 Å². The number of sulfonamides is 1. The van der Waals surface area contributed by atoms with Gasteiger partial charge in [-0.3, -0.25) is 4.79 Å². The minimum Gasteiger partial charge on any atom is -0.341 e. The van der Waals surface area contributed by atoms with Crippen LogP contribution in [-0.4, -0.2) is 51.2 Å². The molecule has 0 saturated heterocycles. The lowest BCUT2D eigenvalue weighted by atomic mass is 9.49. The summed E-state index contributed by atoms with van der Waals surface area (Å²) < 4.78 is 39.8. The van der Waals surface area contributed by atoms with Crippen molar-refractivity contribution in [2.24, 2.45) is 23.2 Å². The van der Waals surface area contributed by atoms with Gasteiger partial charge in [-0.1, -0.05) is 0 Å². The number of hydrogen-bond acceptors (Lipinski definition) is 3. The van der Waals surface area contributed by atoms with Crippen LogP contribution in [0.2, 0.25) is 0 Å². The fraction of sp³-hybridized carbons (Fsp3) is 0.667. The van der Waals surface area contributed by atoms with E-state index in [4.69, 9.17) is 0 Å². The lowest BCUT2D eigenvalue weighted by molar-refractivity contribution is -0.0629. The van der Waals surface area contributed by atoms with Crippen LogP contribution in [0.15, 0.2) is 23.1 Å². The molecule has 0 unspecified atom stereocenters. The van der Waals surface area contributed by atoms with E-state index in [9.17, 15) is 17.6 Å². The molecule has 4 saturated carbocycles. The van der Waals surface area contributed by atoms with E-state index in [1.807, 2.05) is 0 Å². The zero-order chi connectivity index (χ0) is 20.3. The first kappa shape index (κ1) is 19.8. The summed E-state index contributed by atoms with van der Waals surface area (Å²) in [5, 5.41) is 0. The molecule has 7 heteroatoms. The van der Waals surface area contributed by atoms with Crippen molar-refractivity contribution in [3.63, 3.8) is 0 Å². The topological polar surface area (TPSA) is 57.7 Å². The normalized spacial score (nSPS) is 31.4. The first-order valence-corrected chi connectivity index (χ1v) is 11.5. The highest BCUT2D eigenvalue weighted by Gasteiger charge is 2.51. The van der Waals surface area contributed by atoms with Gasteiger partial charge in [-0.25, -0.2) is 17.1 Å². The number of halogens is 1. The van der Waals surface area contributed by atoms with Crippen LogP contribution in [-0.2, 0) is 10.0 Å². The third-order valence-corrected chi connectivity index (χ3v) is 8.85. The summed E-state index contributed by atoms with van der Waals surface area (Å²) in [6.45, 7) is 0.697. The Balaban J connectivity index is 1.55. The average Bonchev–Trinajstić information content (AvgIpc) is 2.59. The smallest absolute Gasteiger partial charge is 0.253 e. The molecule has 1 aromatic carbocycles. The molecular weight excluding hydrogens is 379 g/mol. The Bertz CT molecular complexity index is 862. The van der Waals surface area contributed by atoms with Crippen molar-refractivity contribution >= 4 is 15.9 Å². The summed E-state index contributed by atoms with van der Waals surface area (Å²) in [4.78, 5) is 14.3. The van der Waals surface area contributed by atoms with Crippen LogP contribution in [0.1, 0.15) is 48.9 Å². The Morgan fingerprint density at radius 2 is 1.61 bits per heavy atom. The summed E-state index contributed by atoms with van der Waals surface area (Å²) in [5.41, 5.74) is 0.423. The third kappa shape index (κ3) is 3.36. The number of amides is 1. The molecule has 1 amide bonds. The number of benzene rings is 1. The van der Waals surface area contributed by atoms with Gasteiger partial charge in [-0.2, -0.15) is 0 Å². The quantitative estimate of drug-likeness (QED) is 0.751. The van der Waals surface area contributed by atoms with E-state index in [1.165, 1.54) is 64.8 Å². The van der Waals surface area contributed by atoms with Gasteiger partial charge in [0, 0.05) is 33.3 Å². The second-order valence-corrected chi connectivity index (χ2v) is 11.6. The minimum absolute atomic E-state index is 0.206. The predicted octanol–water partition coefficient (Wildman–Crippen LogP) is 3.36. The van der Waals surface area contributed by atoms with Crippen molar-refractivity contribution in [1.29, 1.82) is 0 Å². The first-order chi connectivity index (χ1) is 13.1. The lowest BCUT2D eigenvalue weighted by Crippen LogP contribution is -2.51. The molecule has 4 aliphatic rings. The number of rotatable bonds is 5. The van der Waals surface area contributed by atoms with Crippen LogP contribution >= 0.6 is 0 Å². The van der Waals surface area contributed by atoms with Crippen molar-refractivity contribution in [2.45, 2.75) is 43.4 Å². The van der Waals surface area contributed by atoms with Crippen LogP contribution in [0, 0.1) is 29.0 Å². The highest BCUT2D eigenvalue weighted by Crippen LogP contribution is 2.60. The van der Waals surface area contributed by atoms with E-state index in [0.29, 0.717) is 6.54 Å². The number of carbonyl (C=O) groups excluding carboxylic acids is 1. The zero-order valence-corrected chi connectivity index (χ0v) is 17.6. The van der Waals surface area contributed by atoms with Gasteiger partial charge in [0.05, 0.1) is 0 Å². The average molecular weight is 409 g/mol. The van der Waals surface area contributed by atoms with E-state index in [2.05, 4.69) is 0 Å². The van der Waals surface area contributed by atoms with Gasteiger partial charge in [0.25, 0.3) is 5.91 Å². The molecule has 1 aromatic rings. The second-order valence-electron chi connectivity index (χ2n) is 9.51. The molecule has 0 heterocycles. The van der Waals surface area contributed by atoms with E-state index in [1.54, 1.807) is 11.9 Å². The SMILES string of the molecule is CN(CC12CC3CC(CC(C3)C1)C2)C(=O)c1ccc(F)c(S(=O)(=O)N(C)C)c1. The standard InChI is InChI=1S/C21H29FN2O3S/c1-23(2)28(26,27)19-9-17(4-5-18(19)22)20(25)24(3)13-21-10-14-6-15(11-21)8-16(7-14)12-21/h4-5,9,14-16H,6-8,10-13H2,1-3H3. The highest BCUT2D eigenvalue weighted by atomic mass is 32.2. The fourth-order valence-electron chi connectivity index (χ4n) is 6.31. The van der Waals surface area contributed by atoms with Crippen molar-refractivity contribution in [3.05, 3.63) is 29.6 Å². The number of carbonyl (C=O) groups is 1. The third-order valence-electron chi connectivity index (χ3n) is 7.02. The predicted molar refractivity (Wildman–Crippen MR) is 105 cm³/mol. The monoisotopic (exact) mass is 408 g/mol. The maximum absolute atomic E-state index is 14.1. The minimum atomic E-state index is -3.95. The Kier molecular flexibility index (Phi) is 4.82. The molecule has 4 bridgehead atoms. The molecule has 0 aromatic heterocycles. The first-order valence-electron chi connectivity index (χ1n) is 10.1. The molecule has 0 atom stereocenters. The highest BCUT2D eigenvalue weighted by molar-refractivity contribution is 7.89. The van der Waals surface area contributed by atoms with Gasteiger partial charge in [0.1, 0.15) is 10.7 Å². The molecule has 28 heavy (non-hydrogen) atoms. The molecule has 154 valence electrons. The Hall–Kier alpha value is -1.47. The Morgan fingerprint density at radius 3 is 2.11 bits per heavy atom. The molecule has 4 aliphatic carbocycles. The van der Waals surface area contributed by atoms with Crippen molar-refractivity contribution < 1.29 is 17.6 Å². The molecular formula is C21H29FN2O3S. The van der Waals surface area contributed by atoms with E-state index in [0.717, 1.165) is 28.1 Å². The van der Waals surface area contributed by atoms with Crippen LogP contribution in [0.25, 0.3) is 0 Å². The lowest BCUT2D eigenvalue weighted by Gasteiger charge is -2.57. The van der Waals surface area contributed by atoms with Crippen LogP contribution in [0.3, 0.4) is 0 Å². The Labute approximate surface area is 166 Å². The number of nitrogens with zero attached hydrogens (tertiary/aromatic N) is 2. The van der Waals surface area contributed by atoms with E-state index in [-0.39, 0.29) is 16.9 Å². The summed E-state index contributed by atoms with van der Waals surface area (Å²) >= 11 is 0. The van der Waals surface area contributed by atoms with Crippen molar-refractivity contribution in [2.75, 3.05) is 27.7 Å². The summed E-state index contributed by atoms with van der Waals surface area (Å²) in [5.74, 6) is 1.33. The molecule has 0 spiro atoms. The molecule has 0 N–H and O–H groups in total. The maximum atomic E-state index is 14.1. The number of hydrogen-bond donors (Lipinski definition) is 0. The van der Waals surface area contributed by atoms with Gasteiger partial charge in [0.15, 0.2) is 0 Å². The summed E-state index contributed by atoms with van der Waals surface area (Å²) in [6.07, 6.45) is 7.63. The maximum Gasteiger partial charge on any atom is 0.253 e. The molecule has 5 nitrogen and oxygen atoms in total. The van der Waals surface area contributed by atoms with Gasteiger partial charge in [-0.05, 0) is 79.9 Å². The fourth-order valence-corrected chi connectivity index (χ4v) is 7.29. The van der Waals surface area contributed by atoms with Crippen LogP contribution in [0.4, 0.5) is 4.39 Å². The van der Waals surface area contributed by atoms with Gasteiger partial charge < -0.3 is 4.90 Å². The van der Waals surface area contributed by atoms with E-state index >= 15 is 0 Å². The largest absolute Gasteiger partial charge is 0.341 e. The zero-order valence-electron chi connectivity index (χ0n) is 16.8. The van der Waals surface area contributed by atoms with Crippen molar-refractivity contribution in [1.82, 2.24) is 9.21 Å². The van der Waals surface area contributed by atoms with Crippen molar-refractivity contribution in [3.8, 4) is 0 Å². The molecule has 5 rings (SSSR count). The van der Waals surface area contributed by atoms with Gasteiger partial charge in [-0.15, -0.1) is 0 Å². The molecule has 0 radical (unpaired) electrons. The molecule has 0 aliphatic heterocycles. The Morgan fingerprint density at radius 1 is 1.07 bits per heavy atom. The second kappa shape index (κ2) is 6.80. The van der Waals surface area contributed by atoms with Crippen LogP contribution in [0.5, 0.6) is 0 Å². The molecule has 4 fully saturated rings. The van der Waals surface area contributed by atoms with Crippen LogP contribution < -0.4 is 0 Å². The van der Waals surface area contributed by atoms with E-state index < -0.39 is 20.7 Å². The summed E-state index contributed by atoms with van der Waals surface area (Å²) in [7, 11) is 0.536. The van der Waals surface area contributed by atoms with Gasteiger partial charge >= 0.3 is 0 Å².